The highest BCUT2D eigenvalue weighted by molar-refractivity contribution is 7.80. The normalized spacial score (nSPS) is 20.8. The number of halogens is 2. The molecule has 38 heavy (non-hydrogen) atoms. The van der Waals surface area contributed by atoms with Crippen LogP contribution in [0.15, 0.2) is 18.3 Å². The number of amides is 1. The number of carbonyl (C=O) groups excluding carboxylic acids is 2. The van der Waals surface area contributed by atoms with Crippen molar-refractivity contribution < 1.29 is 37.3 Å². The lowest BCUT2D eigenvalue weighted by atomic mass is 10.1. The maximum atomic E-state index is 15.1. The molecule has 0 radical (unpaired) electrons. The first-order valence-electron chi connectivity index (χ1n) is 11.7. The van der Waals surface area contributed by atoms with E-state index in [4.69, 9.17) is 31.2 Å². The molecule has 15 heteroatoms. The summed E-state index contributed by atoms with van der Waals surface area (Å²) in [6, 6.07) is 2.32. The predicted octanol–water partition coefficient (Wildman–Crippen LogP) is 0.908. The molecule has 0 bridgehead atoms. The van der Waals surface area contributed by atoms with Gasteiger partial charge in [0.15, 0.2) is 29.6 Å². The molecule has 206 valence electrons. The van der Waals surface area contributed by atoms with Gasteiger partial charge in [-0.3, -0.25) is 4.79 Å². The van der Waals surface area contributed by atoms with Crippen molar-refractivity contribution >= 4 is 35.0 Å². The molecule has 1 amide bonds. The molecule has 2 aliphatic heterocycles. The number of rotatable bonds is 6. The third-order valence-corrected chi connectivity index (χ3v) is 6.40. The van der Waals surface area contributed by atoms with Gasteiger partial charge in [0, 0.05) is 38.3 Å². The minimum atomic E-state index is -1.20. The first-order chi connectivity index (χ1) is 18.0. The van der Waals surface area contributed by atoms with Crippen molar-refractivity contribution in [1.29, 1.82) is 0 Å². The second-order valence-corrected chi connectivity index (χ2v) is 9.44. The molecule has 1 aromatic heterocycles. The van der Waals surface area contributed by atoms with Gasteiger partial charge < -0.3 is 34.1 Å². The Bertz CT molecular complexity index is 1200. The van der Waals surface area contributed by atoms with Crippen LogP contribution < -0.4 is 10.2 Å². The fraction of sp³-hybridized carbons (Fsp3) is 0.522. The van der Waals surface area contributed by atoms with E-state index >= 15 is 8.78 Å². The van der Waals surface area contributed by atoms with E-state index in [2.05, 4.69) is 15.6 Å². The number of methoxy groups -OCH3 is 2. The number of hydrogen-bond donors (Lipinski definition) is 1. The summed E-state index contributed by atoms with van der Waals surface area (Å²) in [6.07, 6.45) is -0.862. The second kappa shape index (κ2) is 11.1. The fourth-order valence-electron chi connectivity index (χ4n) is 4.29. The molecule has 12 nitrogen and oxygen atoms in total. The van der Waals surface area contributed by atoms with E-state index in [1.807, 2.05) is 0 Å². The molecule has 2 atom stereocenters. The van der Waals surface area contributed by atoms with Crippen LogP contribution in [0.1, 0.15) is 19.5 Å². The Hall–Kier alpha value is -3.43. The van der Waals surface area contributed by atoms with Gasteiger partial charge in [-0.05, 0) is 26.1 Å². The number of anilines is 1. The SMILES string of the molecule is COC(=O)[C@@H]1OC(C)(C)O[C@H]1C(=O)N1CCN(c2c(F)cc(-n3cc(CNC(=S)OC)nn3)cc2F)CC1. The Balaban J connectivity index is 1.42. The maximum Gasteiger partial charge on any atom is 0.338 e. The largest absolute Gasteiger partial charge is 0.474 e. The van der Waals surface area contributed by atoms with E-state index < -0.39 is 41.5 Å². The number of aromatic nitrogens is 3. The zero-order valence-corrected chi connectivity index (χ0v) is 22.1. The summed E-state index contributed by atoms with van der Waals surface area (Å²) in [5.41, 5.74) is 0.437. The van der Waals surface area contributed by atoms with Gasteiger partial charge in [-0.1, -0.05) is 5.21 Å². The summed E-state index contributed by atoms with van der Waals surface area (Å²) in [7, 11) is 2.63. The summed E-state index contributed by atoms with van der Waals surface area (Å²) in [5.74, 6) is -3.88. The van der Waals surface area contributed by atoms with Gasteiger partial charge in [-0.2, -0.15) is 0 Å². The number of piperazine rings is 1. The number of nitrogens with zero attached hydrogens (tertiary/aromatic N) is 5. The van der Waals surface area contributed by atoms with Crippen molar-refractivity contribution in [2.45, 2.75) is 38.4 Å². The number of esters is 1. The van der Waals surface area contributed by atoms with E-state index in [1.54, 1.807) is 13.8 Å². The first-order valence-corrected chi connectivity index (χ1v) is 12.1. The molecule has 2 saturated heterocycles. The molecule has 1 aromatic carbocycles. The van der Waals surface area contributed by atoms with E-state index in [1.165, 1.54) is 34.9 Å². The van der Waals surface area contributed by atoms with Crippen molar-refractivity contribution in [2.75, 3.05) is 45.3 Å². The molecule has 2 fully saturated rings. The number of thiocarbonyl (C=S) groups is 1. The van der Waals surface area contributed by atoms with Gasteiger partial charge >= 0.3 is 5.97 Å². The van der Waals surface area contributed by atoms with Gasteiger partial charge in [-0.15, -0.1) is 5.10 Å². The highest BCUT2D eigenvalue weighted by atomic mass is 32.1. The van der Waals surface area contributed by atoms with Gasteiger partial charge in [0.25, 0.3) is 11.1 Å². The minimum Gasteiger partial charge on any atom is -0.474 e. The highest BCUT2D eigenvalue weighted by Gasteiger charge is 2.51. The average Bonchev–Trinajstić information content (AvgIpc) is 3.50. The standard InChI is InChI=1S/C23H28F2N6O6S/c1-23(2)36-18(19(37-23)21(33)34-3)20(32)30-7-5-29(6-8-30)17-15(24)9-14(10-16(17)25)31-12-13(27-28-31)11-26-22(38)35-4/h9-10,12,18-19H,5-8,11H2,1-4H3,(H,26,38)/t18-,19-/m1/s1. The molecular formula is C23H28F2N6O6S. The van der Waals surface area contributed by atoms with Crippen molar-refractivity contribution in [3.8, 4) is 5.69 Å². The van der Waals surface area contributed by atoms with Crippen LogP contribution in [-0.2, 0) is 35.1 Å². The quantitative estimate of drug-likeness (QED) is 0.405. The molecular weight excluding hydrogens is 526 g/mol. The van der Waals surface area contributed by atoms with E-state index in [0.29, 0.717) is 5.69 Å². The predicted molar refractivity (Wildman–Crippen MR) is 132 cm³/mol. The lowest BCUT2D eigenvalue weighted by molar-refractivity contribution is -0.169. The maximum absolute atomic E-state index is 15.1. The van der Waals surface area contributed by atoms with Gasteiger partial charge in [0.05, 0.1) is 32.6 Å². The number of benzene rings is 1. The first kappa shape index (κ1) is 27.6. The molecule has 0 unspecified atom stereocenters. The summed E-state index contributed by atoms with van der Waals surface area (Å²) in [6.45, 7) is 4.07. The Labute approximate surface area is 222 Å². The second-order valence-electron chi connectivity index (χ2n) is 9.07. The Morgan fingerprint density at radius 1 is 1.11 bits per heavy atom. The van der Waals surface area contributed by atoms with Gasteiger partial charge in [-0.25, -0.2) is 18.3 Å². The molecule has 0 aliphatic carbocycles. The minimum absolute atomic E-state index is 0.153. The van der Waals surface area contributed by atoms with Crippen LogP contribution in [0, 0.1) is 11.6 Å². The Morgan fingerprint density at radius 3 is 2.34 bits per heavy atom. The van der Waals surface area contributed by atoms with Crippen molar-refractivity contribution in [1.82, 2.24) is 25.2 Å². The van der Waals surface area contributed by atoms with E-state index in [-0.39, 0.29) is 49.3 Å². The fourth-order valence-corrected chi connectivity index (χ4v) is 4.36. The van der Waals surface area contributed by atoms with Crippen LogP contribution in [0.4, 0.5) is 14.5 Å². The number of carbonyl (C=O) groups is 2. The highest BCUT2D eigenvalue weighted by Crippen LogP contribution is 2.31. The monoisotopic (exact) mass is 554 g/mol. The van der Waals surface area contributed by atoms with Crippen molar-refractivity contribution in [2.24, 2.45) is 0 Å². The topological polar surface area (TPSA) is 120 Å². The number of nitrogens with one attached hydrogen (secondary N) is 1. The third kappa shape index (κ3) is 5.84. The Morgan fingerprint density at radius 2 is 1.74 bits per heavy atom. The lowest BCUT2D eigenvalue weighted by Crippen LogP contribution is -2.54. The van der Waals surface area contributed by atoms with E-state index in [0.717, 1.165) is 12.1 Å². The van der Waals surface area contributed by atoms with Crippen LogP contribution >= 0.6 is 12.2 Å². The van der Waals surface area contributed by atoms with Crippen LogP contribution in [0.5, 0.6) is 0 Å². The molecule has 3 heterocycles. The lowest BCUT2D eigenvalue weighted by Gasteiger charge is -2.37. The molecule has 0 spiro atoms. The van der Waals surface area contributed by atoms with Crippen LogP contribution in [-0.4, -0.2) is 95.3 Å². The molecule has 4 rings (SSSR count). The third-order valence-electron chi connectivity index (χ3n) is 6.09. The van der Waals surface area contributed by atoms with Crippen molar-refractivity contribution in [3.05, 3.63) is 35.7 Å². The zero-order valence-electron chi connectivity index (χ0n) is 21.3. The van der Waals surface area contributed by atoms with Gasteiger partial charge in [0.2, 0.25) is 0 Å². The molecule has 2 aliphatic rings. The van der Waals surface area contributed by atoms with E-state index in [9.17, 15) is 9.59 Å². The van der Waals surface area contributed by atoms with Crippen LogP contribution in [0.2, 0.25) is 0 Å². The smallest absolute Gasteiger partial charge is 0.338 e. The zero-order chi connectivity index (χ0) is 27.6. The van der Waals surface area contributed by atoms with Gasteiger partial charge in [0.1, 0.15) is 11.4 Å². The molecule has 2 aromatic rings. The molecule has 0 saturated carbocycles. The molecule has 1 N–H and O–H groups in total. The summed E-state index contributed by atoms with van der Waals surface area (Å²) >= 11 is 4.90. The summed E-state index contributed by atoms with van der Waals surface area (Å²) < 4.78 is 52.2. The van der Waals surface area contributed by atoms with Crippen molar-refractivity contribution in [3.63, 3.8) is 0 Å². The average molecular weight is 555 g/mol. The Kier molecular flexibility index (Phi) is 8.08. The summed E-state index contributed by atoms with van der Waals surface area (Å²) in [4.78, 5) is 28.2. The number of ether oxygens (including phenoxy) is 4. The summed E-state index contributed by atoms with van der Waals surface area (Å²) in [5, 5.41) is 10.9. The van der Waals surface area contributed by atoms with Crippen LogP contribution in [0.25, 0.3) is 5.69 Å². The number of hydrogen-bond acceptors (Lipinski definition) is 10. The van der Waals surface area contributed by atoms with Crippen LogP contribution in [0.3, 0.4) is 0 Å².